The van der Waals surface area contributed by atoms with Crippen LogP contribution in [-0.4, -0.2) is 52.9 Å². The lowest BCUT2D eigenvalue weighted by atomic mass is 10.2. The molecule has 1 amide bonds. The molecule has 1 aliphatic heterocycles. The van der Waals surface area contributed by atoms with Gasteiger partial charge in [0.25, 0.3) is 0 Å². The first-order valence-electron chi connectivity index (χ1n) is 7.78. The van der Waals surface area contributed by atoms with E-state index in [2.05, 4.69) is 4.98 Å². The van der Waals surface area contributed by atoms with Crippen LogP contribution in [0, 0.1) is 13.8 Å². The lowest BCUT2D eigenvalue weighted by Gasteiger charge is -2.27. The second kappa shape index (κ2) is 6.82. The molecule has 1 aromatic rings. The van der Waals surface area contributed by atoms with Crippen LogP contribution in [0.4, 0.5) is 0 Å². The van der Waals surface area contributed by atoms with Crippen molar-refractivity contribution in [2.45, 2.75) is 46.2 Å². The molecule has 7 nitrogen and oxygen atoms in total. The molecule has 0 saturated carbocycles. The maximum atomic E-state index is 12.4. The van der Waals surface area contributed by atoms with Gasteiger partial charge in [-0.2, -0.15) is 4.98 Å². The lowest BCUT2D eigenvalue weighted by molar-refractivity contribution is -0.133. The van der Waals surface area contributed by atoms with E-state index in [1.165, 1.54) is 4.57 Å². The zero-order valence-electron chi connectivity index (χ0n) is 13.8. The highest BCUT2D eigenvalue weighted by atomic mass is 32.2. The van der Waals surface area contributed by atoms with Crippen LogP contribution in [0.5, 0.6) is 0 Å². The summed E-state index contributed by atoms with van der Waals surface area (Å²) in [6.07, 6.45) is 0.656. The van der Waals surface area contributed by atoms with Gasteiger partial charge in [-0.25, -0.2) is 13.2 Å². The first-order valence-corrected chi connectivity index (χ1v) is 9.60. The molecule has 0 bridgehead atoms. The summed E-state index contributed by atoms with van der Waals surface area (Å²) in [6.45, 7) is 6.13. The topological polar surface area (TPSA) is 89.3 Å². The molecule has 0 spiro atoms. The van der Waals surface area contributed by atoms with Gasteiger partial charge in [0, 0.05) is 36.9 Å². The Balaban J connectivity index is 2.05. The van der Waals surface area contributed by atoms with Crippen LogP contribution < -0.4 is 5.69 Å². The maximum Gasteiger partial charge on any atom is 0.347 e. The van der Waals surface area contributed by atoms with Crippen molar-refractivity contribution in [3.63, 3.8) is 0 Å². The van der Waals surface area contributed by atoms with E-state index < -0.39 is 9.84 Å². The van der Waals surface area contributed by atoms with Crippen LogP contribution >= 0.6 is 0 Å². The van der Waals surface area contributed by atoms with E-state index in [0.717, 1.165) is 5.69 Å². The number of sulfone groups is 1. The highest BCUT2D eigenvalue weighted by Gasteiger charge is 2.33. The first kappa shape index (κ1) is 17.7. The van der Waals surface area contributed by atoms with Crippen molar-refractivity contribution in [3.05, 3.63) is 27.9 Å². The van der Waals surface area contributed by atoms with E-state index in [-0.39, 0.29) is 42.1 Å². The van der Waals surface area contributed by atoms with E-state index in [1.807, 2.05) is 13.8 Å². The zero-order chi connectivity index (χ0) is 17.2. The molecule has 1 saturated heterocycles. The van der Waals surface area contributed by atoms with Gasteiger partial charge < -0.3 is 4.90 Å². The fourth-order valence-electron chi connectivity index (χ4n) is 3.06. The number of aryl methyl sites for hydroxylation is 2. The highest BCUT2D eigenvalue weighted by Crippen LogP contribution is 2.18. The van der Waals surface area contributed by atoms with Crippen LogP contribution in [0.3, 0.4) is 0 Å². The summed E-state index contributed by atoms with van der Waals surface area (Å²) in [5.74, 6) is 0.0565. The van der Waals surface area contributed by atoms with Gasteiger partial charge in [0.1, 0.15) is 0 Å². The Labute approximate surface area is 136 Å². The quantitative estimate of drug-likeness (QED) is 0.768. The molecule has 128 valence electrons. The largest absolute Gasteiger partial charge is 0.347 e. The smallest absolute Gasteiger partial charge is 0.339 e. The highest BCUT2D eigenvalue weighted by molar-refractivity contribution is 7.91. The van der Waals surface area contributed by atoms with Crippen molar-refractivity contribution < 1.29 is 13.2 Å². The predicted octanol–water partition coefficient (Wildman–Crippen LogP) is 0.286. The molecule has 0 aliphatic carbocycles. The average Bonchev–Trinajstić information content (AvgIpc) is 2.78. The minimum atomic E-state index is -3.03. The van der Waals surface area contributed by atoms with Gasteiger partial charge in [-0.1, -0.05) is 0 Å². The van der Waals surface area contributed by atoms with Crippen molar-refractivity contribution >= 4 is 15.7 Å². The van der Waals surface area contributed by atoms with Crippen molar-refractivity contribution in [2.75, 3.05) is 18.1 Å². The first-order chi connectivity index (χ1) is 10.7. The van der Waals surface area contributed by atoms with Crippen LogP contribution in [-0.2, 0) is 21.2 Å². The molecule has 0 N–H and O–H groups in total. The standard InChI is InChI=1S/C15H23N3O4S/c1-4-17(13-6-8-23(21,22)10-13)14(19)5-7-18-12(3)9-11(2)16-15(18)20/h9,13H,4-8,10H2,1-3H3/t13-/m1/s1. The molecule has 2 heterocycles. The molecule has 8 heteroatoms. The Bertz CT molecular complexity index is 754. The molecule has 0 unspecified atom stereocenters. The Kier molecular flexibility index (Phi) is 5.23. The summed E-state index contributed by atoms with van der Waals surface area (Å²) in [5, 5.41) is 0. The second-order valence-electron chi connectivity index (χ2n) is 5.96. The molecule has 0 aromatic carbocycles. The van der Waals surface area contributed by atoms with Gasteiger partial charge >= 0.3 is 5.69 Å². The molecule has 0 radical (unpaired) electrons. The minimum Gasteiger partial charge on any atom is -0.339 e. The monoisotopic (exact) mass is 341 g/mol. The van der Waals surface area contributed by atoms with Gasteiger partial charge in [0.2, 0.25) is 5.91 Å². The zero-order valence-corrected chi connectivity index (χ0v) is 14.6. The van der Waals surface area contributed by atoms with Gasteiger partial charge in [0.15, 0.2) is 9.84 Å². The Morgan fingerprint density at radius 2 is 2.13 bits per heavy atom. The summed E-state index contributed by atoms with van der Waals surface area (Å²) in [6, 6.07) is 1.55. The van der Waals surface area contributed by atoms with E-state index in [0.29, 0.717) is 18.7 Å². The van der Waals surface area contributed by atoms with Gasteiger partial charge in [-0.05, 0) is 33.3 Å². The van der Waals surface area contributed by atoms with Crippen LogP contribution in [0.1, 0.15) is 31.2 Å². The molecule has 1 aliphatic rings. The van der Waals surface area contributed by atoms with E-state index in [1.54, 1.807) is 17.9 Å². The van der Waals surface area contributed by atoms with E-state index in [4.69, 9.17) is 0 Å². The molecular weight excluding hydrogens is 318 g/mol. The fraction of sp³-hybridized carbons (Fsp3) is 0.667. The van der Waals surface area contributed by atoms with E-state index >= 15 is 0 Å². The fourth-order valence-corrected chi connectivity index (χ4v) is 4.79. The molecule has 1 aromatic heterocycles. The molecular formula is C15H23N3O4S. The molecule has 1 atom stereocenters. The number of carbonyl (C=O) groups excluding carboxylic acids is 1. The Morgan fingerprint density at radius 3 is 2.65 bits per heavy atom. The molecule has 23 heavy (non-hydrogen) atoms. The third-order valence-corrected chi connectivity index (χ3v) is 5.96. The second-order valence-corrected chi connectivity index (χ2v) is 8.19. The van der Waals surface area contributed by atoms with Gasteiger partial charge in [0.05, 0.1) is 11.5 Å². The van der Waals surface area contributed by atoms with Crippen molar-refractivity contribution in [1.29, 1.82) is 0 Å². The third kappa shape index (κ3) is 4.19. The maximum absolute atomic E-state index is 12.4. The summed E-state index contributed by atoms with van der Waals surface area (Å²) in [7, 11) is -3.03. The lowest BCUT2D eigenvalue weighted by Crippen LogP contribution is -2.41. The summed E-state index contributed by atoms with van der Waals surface area (Å²) in [4.78, 5) is 29.8. The number of hydrogen-bond donors (Lipinski definition) is 0. The number of rotatable bonds is 5. The summed E-state index contributed by atoms with van der Waals surface area (Å²) < 4.78 is 24.7. The van der Waals surface area contributed by atoms with Gasteiger partial charge in [-0.15, -0.1) is 0 Å². The van der Waals surface area contributed by atoms with Crippen molar-refractivity contribution in [2.24, 2.45) is 0 Å². The van der Waals surface area contributed by atoms with Crippen molar-refractivity contribution in [1.82, 2.24) is 14.5 Å². The van der Waals surface area contributed by atoms with Crippen LogP contribution in [0.15, 0.2) is 10.9 Å². The van der Waals surface area contributed by atoms with Gasteiger partial charge in [-0.3, -0.25) is 9.36 Å². The predicted molar refractivity (Wildman–Crippen MR) is 87.0 cm³/mol. The van der Waals surface area contributed by atoms with Crippen molar-refractivity contribution in [3.8, 4) is 0 Å². The number of aromatic nitrogens is 2. The summed E-state index contributed by atoms with van der Waals surface area (Å²) >= 11 is 0. The number of carbonyl (C=O) groups is 1. The number of hydrogen-bond acceptors (Lipinski definition) is 5. The number of amides is 1. The number of nitrogens with zero attached hydrogens (tertiary/aromatic N) is 3. The van der Waals surface area contributed by atoms with Crippen LogP contribution in [0.2, 0.25) is 0 Å². The van der Waals surface area contributed by atoms with E-state index in [9.17, 15) is 18.0 Å². The molecule has 2 rings (SSSR count). The van der Waals surface area contributed by atoms with Crippen LogP contribution in [0.25, 0.3) is 0 Å². The Morgan fingerprint density at radius 1 is 1.43 bits per heavy atom. The molecule has 1 fully saturated rings. The minimum absolute atomic E-state index is 0.0393. The normalized spacial score (nSPS) is 19.7. The Hall–Kier alpha value is -1.70. The third-order valence-electron chi connectivity index (χ3n) is 4.21. The average molecular weight is 341 g/mol. The summed E-state index contributed by atoms with van der Waals surface area (Å²) in [5.41, 5.74) is 1.06. The SMILES string of the molecule is CCN(C(=O)CCn1c(C)cc(C)nc1=O)[C@@H]1CCS(=O)(=O)C1.